The van der Waals surface area contributed by atoms with Gasteiger partial charge in [-0.25, -0.2) is 4.98 Å². The van der Waals surface area contributed by atoms with E-state index in [-0.39, 0.29) is 0 Å². The van der Waals surface area contributed by atoms with E-state index in [0.717, 1.165) is 32.0 Å². The molecule has 3 heteroatoms. The summed E-state index contributed by atoms with van der Waals surface area (Å²) >= 11 is 0. The summed E-state index contributed by atoms with van der Waals surface area (Å²) in [6, 6.07) is 4.36. The highest BCUT2D eigenvalue weighted by atomic mass is 15.3. The summed E-state index contributed by atoms with van der Waals surface area (Å²) < 4.78 is 0. The van der Waals surface area contributed by atoms with Crippen molar-refractivity contribution in [3.63, 3.8) is 0 Å². The Morgan fingerprint density at radius 3 is 2.35 bits per heavy atom. The SMILES string of the molecule is Cc1ccc(N2CCN(C)CC2)nc1C(C)C. The number of piperazine rings is 1. The molecule has 3 nitrogen and oxygen atoms in total. The lowest BCUT2D eigenvalue weighted by Gasteiger charge is -2.33. The zero-order chi connectivity index (χ0) is 12.4. The third-order valence-electron chi connectivity index (χ3n) is 3.50. The van der Waals surface area contributed by atoms with Crippen LogP contribution in [-0.2, 0) is 0 Å². The fourth-order valence-corrected chi connectivity index (χ4v) is 2.33. The largest absolute Gasteiger partial charge is 0.354 e. The number of hydrogen-bond donors (Lipinski definition) is 0. The molecule has 0 unspecified atom stereocenters. The Bertz CT molecular complexity index is 379. The molecular weight excluding hydrogens is 210 g/mol. The lowest BCUT2D eigenvalue weighted by molar-refractivity contribution is 0.312. The predicted molar refractivity (Wildman–Crippen MR) is 72.8 cm³/mol. The Balaban J connectivity index is 2.19. The van der Waals surface area contributed by atoms with Crippen molar-refractivity contribution in [3.05, 3.63) is 23.4 Å². The second kappa shape index (κ2) is 5.05. The molecule has 0 saturated carbocycles. The van der Waals surface area contributed by atoms with Gasteiger partial charge in [-0.15, -0.1) is 0 Å². The maximum absolute atomic E-state index is 4.83. The van der Waals surface area contributed by atoms with Gasteiger partial charge in [0.15, 0.2) is 0 Å². The molecule has 1 aliphatic heterocycles. The molecule has 1 aromatic rings. The monoisotopic (exact) mass is 233 g/mol. The van der Waals surface area contributed by atoms with E-state index in [1.807, 2.05) is 0 Å². The van der Waals surface area contributed by atoms with Gasteiger partial charge in [-0.1, -0.05) is 19.9 Å². The number of anilines is 1. The van der Waals surface area contributed by atoms with Crippen LogP contribution in [0, 0.1) is 6.92 Å². The highest BCUT2D eigenvalue weighted by Crippen LogP contribution is 2.21. The van der Waals surface area contributed by atoms with Crippen LogP contribution >= 0.6 is 0 Å². The van der Waals surface area contributed by atoms with Crippen molar-refractivity contribution in [2.45, 2.75) is 26.7 Å². The van der Waals surface area contributed by atoms with Gasteiger partial charge < -0.3 is 9.80 Å². The van der Waals surface area contributed by atoms with Gasteiger partial charge in [0.1, 0.15) is 5.82 Å². The van der Waals surface area contributed by atoms with E-state index >= 15 is 0 Å². The Morgan fingerprint density at radius 2 is 1.76 bits per heavy atom. The third kappa shape index (κ3) is 2.78. The average molecular weight is 233 g/mol. The molecule has 0 amide bonds. The summed E-state index contributed by atoms with van der Waals surface area (Å²) in [6.45, 7) is 11.0. The minimum absolute atomic E-state index is 0.502. The Labute approximate surface area is 104 Å². The molecule has 0 radical (unpaired) electrons. The van der Waals surface area contributed by atoms with Crippen LogP contribution in [0.1, 0.15) is 31.0 Å². The predicted octanol–water partition coefficient (Wildman–Crippen LogP) is 2.27. The lowest BCUT2D eigenvalue weighted by Crippen LogP contribution is -2.44. The highest BCUT2D eigenvalue weighted by molar-refractivity contribution is 5.42. The molecule has 1 aromatic heterocycles. The molecule has 0 bridgehead atoms. The Morgan fingerprint density at radius 1 is 1.12 bits per heavy atom. The summed E-state index contributed by atoms with van der Waals surface area (Å²) in [5.41, 5.74) is 2.54. The van der Waals surface area contributed by atoms with Crippen LogP contribution in [0.25, 0.3) is 0 Å². The fraction of sp³-hybridized carbons (Fsp3) is 0.643. The van der Waals surface area contributed by atoms with E-state index in [0.29, 0.717) is 5.92 Å². The number of nitrogens with zero attached hydrogens (tertiary/aromatic N) is 3. The van der Waals surface area contributed by atoms with E-state index in [2.05, 4.69) is 49.8 Å². The fourth-order valence-electron chi connectivity index (χ4n) is 2.33. The Hall–Kier alpha value is -1.09. The van der Waals surface area contributed by atoms with E-state index in [1.54, 1.807) is 0 Å². The van der Waals surface area contributed by atoms with Gasteiger partial charge in [0.05, 0.1) is 0 Å². The molecule has 0 spiro atoms. The average Bonchev–Trinajstić information content (AvgIpc) is 2.30. The van der Waals surface area contributed by atoms with E-state index in [4.69, 9.17) is 4.98 Å². The number of likely N-dealkylation sites (N-methyl/N-ethyl adjacent to an activating group) is 1. The van der Waals surface area contributed by atoms with Crippen LogP contribution in [0.4, 0.5) is 5.82 Å². The number of hydrogen-bond acceptors (Lipinski definition) is 3. The standard InChI is InChI=1S/C14H23N3/c1-11(2)14-12(3)5-6-13(15-14)17-9-7-16(4)8-10-17/h5-6,11H,7-10H2,1-4H3. The van der Waals surface area contributed by atoms with Gasteiger partial charge in [0, 0.05) is 31.9 Å². The van der Waals surface area contributed by atoms with Gasteiger partial charge in [-0.05, 0) is 31.5 Å². The van der Waals surface area contributed by atoms with Crippen LogP contribution < -0.4 is 4.90 Å². The zero-order valence-electron chi connectivity index (χ0n) is 11.4. The van der Waals surface area contributed by atoms with Gasteiger partial charge in [0.25, 0.3) is 0 Å². The first kappa shape index (κ1) is 12.4. The first-order valence-electron chi connectivity index (χ1n) is 6.49. The van der Waals surface area contributed by atoms with Crippen molar-refractivity contribution in [1.82, 2.24) is 9.88 Å². The highest BCUT2D eigenvalue weighted by Gasteiger charge is 2.16. The molecule has 94 valence electrons. The maximum atomic E-state index is 4.83. The van der Waals surface area contributed by atoms with E-state index in [9.17, 15) is 0 Å². The molecule has 17 heavy (non-hydrogen) atoms. The number of aryl methyl sites for hydroxylation is 1. The van der Waals surface area contributed by atoms with Gasteiger partial charge in [0.2, 0.25) is 0 Å². The number of rotatable bonds is 2. The van der Waals surface area contributed by atoms with Gasteiger partial charge in [-0.3, -0.25) is 0 Å². The summed E-state index contributed by atoms with van der Waals surface area (Å²) in [7, 11) is 2.18. The second-order valence-corrected chi connectivity index (χ2v) is 5.32. The van der Waals surface area contributed by atoms with Crippen molar-refractivity contribution >= 4 is 5.82 Å². The Kier molecular flexibility index (Phi) is 3.67. The summed E-state index contributed by atoms with van der Waals surface area (Å²) in [6.07, 6.45) is 0. The maximum Gasteiger partial charge on any atom is 0.128 e. The zero-order valence-corrected chi connectivity index (χ0v) is 11.4. The van der Waals surface area contributed by atoms with Gasteiger partial charge >= 0.3 is 0 Å². The molecule has 1 fully saturated rings. The molecule has 2 heterocycles. The molecular formula is C14H23N3. The van der Waals surface area contributed by atoms with Crippen LogP contribution in [0.15, 0.2) is 12.1 Å². The molecule has 0 aromatic carbocycles. The molecule has 0 aliphatic carbocycles. The van der Waals surface area contributed by atoms with Crippen LogP contribution in [0.3, 0.4) is 0 Å². The minimum Gasteiger partial charge on any atom is -0.354 e. The normalized spacial score (nSPS) is 17.8. The minimum atomic E-state index is 0.502. The number of aromatic nitrogens is 1. The van der Waals surface area contributed by atoms with Crippen LogP contribution in [0.5, 0.6) is 0 Å². The van der Waals surface area contributed by atoms with Crippen LogP contribution in [0.2, 0.25) is 0 Å². The summed E-state index contributed by atoms with van der Waals surface area (Å²) in [5.74, 6) is 1.65. The first-order valence-corrected chi connectivity index (χ1v) is 6.49. The smallest absolute Gasteiger partial charge is 0.128 e. The second-order valence-electron chi connectivity index (χ2n) is 5.32. The molecule has 0 atom stereocenters. The molecule has 2 rings (SSSR count). The van der Waals surface area contributed by atoms with Crippen molar-refractivity contribution in [2.24, 2.45) is 0 Å². The third-order valence-corrected chi connectivity index (χ3v) is 3.50. The van der Waals surface area contributed by atoms with Crippen molar-refractivity contribution in [1.29, 1.82) is 0 Å². The molecule has 1 saturated heterocycles. The van der Waals surface area contributed by atoms with Gasteiger partial charge in [-0.2, -0.15) is 0 Å². The van der Waals surface area contributed by atoms with E-state index in [1.165, 1.54) is 11.3 Å². The summed E-state index contributed by atoms with van der Waals surface area (Å²) in [5, 5.41) is 0. The number of pyridine rings is 1. The molecule has 0 N–H and O–H groups in total. The van der Waals surface area contributed by atoms with Crippen LogP contribution in [-0.4, -0.2) is 43.1 Å². The van der Waals surface area contributed by atoms with E-state index < -0.39 is 0 Å². The quantitative estimate of drug-likeness (QED) is 0.781. The lowest BCUT2D eigenvalue weighted by atomic mass is 10.0. The van der Waals surface area contributed by atoms with Crippen molar-refractivity contribution in [3.8, 4) is 0 Å². The first-order chi connectivity index (χ1) is 8.08. The van der Waals surface area contributed by atoms with Crippen molar-refractivity contribution < 1.29 is 0 Å². The van der Waals surface area contributed by atoms with Crippen molar-refractivity contribution in [2.75, 3.05) is 38.1 Å². The summed E-state index contributed by atoms with van der Waals surface area (Å²) in [4.78, 5) is 9.59. The molecule has 1 aliphatic rings. The topological polar surface area (TPSA) is 19.4 Å².